The highest BCUT2D eigenvalue weighted by molar-refractivity contribution is 8.02. The molecule has 0 bridgehead atoms. The van der Waals surface area contributed by atoms with E-state index in [0.717, 1.165) is 51.7 Å². The molecule has 0 aromatic carbocycles. The van der Waals surface area contributed by atoms with Crippen LogP contribution in [0.1, 0.15) is 44.9 Å². The number of aliphatic carboxylic acids is 1. The molecule has 0 unspecified atom stereocenters. The summed E-state index contributed by atoms with van der Waals surface area (Å²) in [5.41, 5.74) is 0. The van der Waals surface area contributed by atoms with Crippen LogP contribution >= 0.6 is 11.8 Å². The molecule has 1 aliphatic carbocycles. The predicted octanol–water partition coefficient (Wildman–Crippen LogP) is 2.69. The Morgan fingerprint density at radius 3 is 2.38 bits per heavy atom. The van der Waals surface area contributed by atoms with Gasteiger partial charge in [0.15, 0.2) is 0 Å². The average molecular weight is 244 g/mol. The average Bonchev–Trinajstić information content (AvgIpc) is 2.31. The van der Waals surface area contributed by atoms with Crippen LogP contribution in [-0.2, 0) is 9.53 Å². The van der Waals surface area contributed by atoms with Crippen molar-refractivity contribution in [2.24, 2.45) is 0 Å². The summed E-state index contributed by atoms with van der Waals surface area (Å²) in [7, 11) is 0. The smallest absolute Gasteiger partial charge is 0.319 e. The summed E-state index contributed by atoms with van der Waals surface area (Å²) in [5, 5.41) is 9.96. The largest absolute Gasteiger partial charge is 0.480 e. The van der Waals surface area contributed by atoms with Crippen LogP contribution in [0.2, 0.25) is 0 Å². The molecule has 0 amide bonds. The topological polar surface area (TPSA) is 46.5 Å². The van der Waals surface area contributed by atoms with E-state index in [4.69, 9.17) is 4.74 Å². The summed E-state index contributed by atoms with van der Waals surface area (Å²) >= 11 is 1.72. The molecule has 2 rings (SSSR count). The molecule has 92 valence electrons. The Morgan fingerprint density at radius 2 is 1.81 bits per heavy atom. The number of hydrogen-bond donors (Lipinski definition) is 1. The summed E-state index contributed by atoms with van der Waals surface area (Å²) in [6.07, 6.45) is 7.07. The van der Waals surface area contributed by atoms with Crippen LogP contribution in [0, 0.1) is 0 Å². The lowest BCUT2D eigenvalue weighted by molar-refractivity contribution is -0.140. The van der Waals surface area contributed by atoms with Gasteiger partial charge in [0.1, 0.15) is 4.75 Å². The van der Waals surface area contributed by atoms with Crippen LogP contribution in [0.5, 0.6) is 0 Å². The van der Waals surface area contributed by atoms with Crippen LogP contribution in [0.25, 0.3) is 0 Å². The van der Waals surface area contributed by atoms with Crippen molar-refractivity contribution in [1.82, 2.24) is 0 Å². The lowest BCUT2D eigenvalue weighted by Crippen LogP contribution is -2.40. The van der Waals surface area contributed by atoms with Crippen molar-refractivity contribution < 1.29 is 14.6 Å². The van der Waals surface area contributed by atoms with Gasteiger partial charge in [-0.25, -0.2) is 0 Å². The molecular weight excluding hydrogens is 224 g/mol. The van der Waals surface area contributed by atoms with Crippen molar-refractivity contribution in [3.63, 3.8) is 0 Å². The number of carboxylic acid groups (broad SMARTS) is 1. The Labute approximate surface area is 101 Å². The van der Waals surface area contributed by atoms with Crippen molar-refractivity contribution in [3.8, 4) is 0 Å². The second-order valence-electron chi connectivity index (χ2n) is 4.79. The Bertz CT molecular complexity index is 243. The molecule has 1 aliphatic heterocycles. The molecule has 2 fully saturated rings. The number of carboxylic acids is 1. The zero-order valence-electron chi connectivity index (χ0n) is 9.61. The minimum Gasteiger partial charge on any atom is -0.480 e. The number of thioether (sulfide) groups is 1. The first kappa shape index (κ1) is 12.2. The third kappa shape index (κ3) is 2.72. The van der Waals surface area contributed by atoms with Gasteiger partial charge in [0.25, 0.3) is 0 Å². The predicted molar refractivity (Wildman–Crippen MR) is 64.9 cm³/mol. The Morgan fingerprint density at radius 1 is 1.19 bits per heavy atom. The Balaban J connectivity index is 1.98. The molecule has 0 aromatic rings. The molecule has 1 saturated heterocycles. The van der Waals surface area contributed by atoms with Crippen molar-refractivity contribution in [3.05, 3.63) is 0 Å². The molecule has 0 atom stereocenters. The fourth-order valence-corrected chi connectivity index (χ4v) is 4.31. The molecule has 1 heterocycles. The summed E-state index contributed by atoms with van der Waals surface area (Å²) in [6.45, 7) is 1.60. The van der Waals surface area contributed by atoms with Gasteiger partial charge in [0, 0.05) is 18.5 Å². The zero-order chi connectivity index (χ0) is 11.4. The fraction of sp³-hybridized carbons (Fsp3) is 0.917. The minimum absolute atomic E-state index is 0.486. The maximum absolute atomic E-state index is 11.5. The van der Waals surface area contributed by atoms with Gasteiger partial charge in [-0.3, -0.25) is 4.79 Å². The standard InChI is InChI=1S/C12H20O3S/c13-11(14)12(6-2-1-3-7-12)16-10-4-8-15-9-5-10/h10H,1-9H2,(H,13,14). The third-order valence-corrected chi connectivity index (χ3v) is 5.45. The van der Waals surface area contributed by atoms with E-state index in [1.807, 2.05) is 0 Å². The second kappa shape index (κ2) is 5.41. The van der Waals surface area contributed by atoms with E-state index in [9.17, 15) is 9.90 Å². The van der Waals surface area contributed by atoms with E-state index in [2.05, 4.69) is 0 Å². The minimum atomic E-state index is -0.594. The van der Waals surface area contributed by atoms with Gasteiger partial charge in [-0.15, -0.1) is 11.8 Å². The molecule has 0 aromatic heterocycles. The summed E-state index contributed by atoms with van der Waals surface area (Å²) < 4.78 is 4.84. The third-order valence-electron chi connectivity index (χ3n) is 3.61. The molecule has 2 aliphatic rings. The Hall–Kier alpha value is -0.220. The SMILES string of the molecule is O=C(O)C1(SC2CCOCC2)CCCCC1. The molecule has 1 N–H and O–H groups in total. The van der Waals surface area contributed by atoms with Crippen LogP contribution in [-0.4, -0.2) is 34.3 Å². The quantitative estimate of drug-likeness (QED) is 0.829. The van der Waals surface area contributed by atoms with Crippen molar-refractivity contribution in [1.29, 1.82) is 0 Å². The zero-order valence-corrected chi connectivity index (χ0v) is 10.4. The lowest BCUT2D eigenvalue weighted by Gasteiger charge is -2.36. The van der Waals surface area contributed by atoms with Gasteiger partial charge in [0.05, 0.1) is 0 Å². The van der Waals surface area contributed by atoms with E-state index >= 15 is 0 Å². The van der Waals surface area contributed by atoms with Gasteiger partial charge in [-0.1, -0.05) is 19.3 Å². The van der Waals surface area contributed by atoms with E-state index in [-0.39, 0.29) is 0 Å². The number of carbonyl (C=O) groups is 1. The Kier molecular flexibility index (Phi) is 4.14. The van der Waals surface area contributed by atoms with Crippen molar-refractivity contribution >= 4 is 17.7 Å². The van der Waals surface area contributed by atoms with E-state index < -0.39 is 10.7 Å². The van der Waals surface area contributed by atoms with Gasteiger partial charge in [-0.2, -0.15) is 0 Å². The first-order valence-corrected chi connectivity index (χ1v) is 7.10. The van der Waals surface area contributed by atoms with Gasteiger partial charge in [0.2, 0.25) is 0 Å². The van der Waals surface area contributed by atoms with E-state index in [1.54, 1.807) is 11.8 Å². The number of ether oxygens (including phenoxy) is 1. The molecule has 0 radical (unpaired) electrons. The van der Waals surface area contributed by atoms with Gasteiger partial charge in [-0.05, 0) is 25.7 Å². The first-order valence-electron chi connectivity index (χ1n) is 6.22. The van der Waals surface area contributed by atoms with Crippen LogP contribution in [0.3, 0.4) is 0 Å². The summed E-state index contributed by atoms with van der Waals surface area (Å²) in [5.74, 6) is -0.594. The normalized spacial score (nSPS) is 26.5. The van der Waals surface area contributed by atoms with E-state index in [1.165, 1.54) is 6.42 Å². The monoisotopic (exact) mass is 244 g/mol. The highest BCUT2D eigenvalue weighted by atomic mass is 32.2. The van der Waals surface area contributed by atoms with Crippen molar-refractivity contribution in [2.75, 3.05) is 13.2 Å². The van der Waals surface area contributed by atoms with Crippen LogP contribution in [0.15, 0.2) is 0 Å². The van der Waals surface area contributed by atoms with E-state index in [0.29, 0.717) is 5.25 Å². The summed E-state index contributed by atoms with van der Waals surface area (Å²) in [4.78, 5) is 11.5. The molecule has 4 heteroatoms. The molecule has 1 saturated carbocycles. The van der Waals surface area contributed by atoms with Crippen molar-refractivity contribution in [2.45, 2.75) is 54.9 Å². The summed E-state index contributed by atoms with van der Waals surface area (Å²) in [6, 6.07) is 0. The fourth-order valence-electron chi connectivity index (χ4n) is 2.62. The van der Waals surface area contributed by atoms with Gasteiger partial charge >= 0.3 is 5.97 Å². The maximum Gasteiger partial charge on any atom is 0.319 e. The van der Waals surface area contributed by atoms with Crippen LogP contribution < -0.4 is 0 Å². The molecule has 0 spiro atoms. The molecular formula is C12H20O3S. The first-order chi connectivity index (χ1) is 7.73. The molecule has 16 heavy (non-hydrogen) atoms. The lowest BCUT2D eigenvalue weighted by atomic mass is 9.88. The number of hydrogen-bond acceptors (Lipinski definition) is 3. The molecule has 3 nitrogen and oxygen atoms in total. The second-order valence-corrected chi connectivity index (χ2v) is 6.47. The maximum atomic E-state index is 11.5. The highest BCUT2D eigenvalue weighted by Gasteiger charge is 2.42. The number of rotatable bonds is 3. The highest BCUT2D eigenvalue weighted by Crippen LogP contribution is 2.44. The van der Waals surface area contributed by atoms with Crippen LogP contribution in [0.4, 0.5) is 0 Å². The van der Waals surface area contributed by atoms with Gasteiger partial charge < -0.3 is 9.84 Å².